The Bertz CT molecular complexity index is 587. The lowest BCUT2D eigenvalue weighted by Gasteiger charge is -2.36. The van der Waals surface area contributed by atoms with Crippen LogP contribution in [0, 0.1) is 18.8 Å². The van der Waals surface area contributed by atoms with E-state index in [1.54, 1.807) is 19.1 Å². The molecule has 2 atom stereocenters. The zero-order chi connectivity index (χ0) is 18.6. The van der Waals surface area contributed by atoms with Gasteiger partial charge in [0.25, 0.3) is 5.91 Å². The van der Waals surface area contributed by atoms with Crippen molar-refractivity contribution >= 4 is 11.8 Å². The van der Waals surface area contributed by atoms with Crippen LogP contribution in [0.3, 0.4) is 0 Å². The van der Waals surface area contributed by atoms with Gasteiger partial charge in [0.1, 0.15) is 6.04 Å². The van der Waals surface area contributed by atoms with Gasteiger partial charge in [-0.05, 0) is 50.7 Å². The molecule has 25 heavy (non-hydrogen) atoms. The molecular formula is C20H30N2O3. The van der Waals surface area contributed by atoms with Crippen molar-refractivity contribution in [3.05, 3.63) is 35.4 Å². The van der Waals surface area contributed by atoms with E-state index in [0.717, 1.165) is 18.4 Å². The highest BCUT2D eigenvalue weighted by Crippen LogP contribution is 2.22. The van der Waals surface area contributed by atoms with E-state index in [1.165, 1.54) is 0 Å². The van der Waals surface area contributed by atoms with E-state index in [2.05, 4.69) is 5.32 Å². The van der Waals surface area contributed by atoms with E-state index in [-0.39, 0.29) is 29.8 Å². The fourth-order valence-electron chi connectivity index (χ4n) is 3.24. The third-order valence-corrected chi connectivity index (χ3v) is 5.07. The summed E-state index contributed by atoms with van der Waals surface area (Å²) in [6, 6.07) is 6.81. The number of aryl methyl sites for hydroxylation is 1. The van der Waals surface area contributed by atoms with Crippen LogP contribution in [0.25, 0.3) is 0 Å². The molecular weight excluding hydrogens is 316 g/mol. The van der Waals surface area contributed by atoms with Gasteiger partial charge in [-0.15, -0.1) is 0 Å². The number of carbonyl (C=O) groups excluding carboxylic acids is 2. The van der Waals surface area contributed by atoms with Crippen LogP contribution in [0.5, 0.6) is 0 Å². The van der Waals surface area contributed by atoms with Gasteiger partial charge in [-0.2, -0.15) is 0 Å². The molecule has 0 spiro atoms. The van der Waals surface area contributed by atoms with E-state index >= 15 is 0 Å². The third-order valence-electron chi connectivity index (χ3n) is 5.07. The molecule has 0 aromatic heterocycles. The van der Waals surface area contributed by atoms with Crippen molar-refractivity contribution < 1.29 is 14.7 Å². The number of rotatable bonds is 5. The number of aliphatic hydroxyl groups excluding tert-OH is 1. The first-order chi connectivity index (χ1) is 11.8. The summed E-state index contributed by atoms with van der Waals surface area (Å²) in [6.07, 6.45) is 1.28. The predicted octanol–water partition coefficient (Wildman–Crippen LogP) is 2.37. The van der Waals surface area contributed by atoms with Crippen LogP contribution in [-0.4, -0.2) is 47.1 Å². The number of hydrogen-bond donors (Lipinski definition) is 2. The average Bonchev–Trinajstić information content (AvgIpc) is 2.59. The summed E-state index contributed by atoms with van der Waals surface area (Å²) >= 11 is 0. The van der Waals surface area contributed by atoms with Gasteiger partial charge in [0.15, 0.2) is 0 Å². The Morgan fingerprint density at radius 2 is 1.68 bits per heavy atom. The first-order valence-corrected chi connectivity index (χ1v) is 9.14. The molecule has 0 aliphatic carbocycles. The Morgan fingerprint density at radius 3 is 2.16 bits per heavy atom. The van der Waals surface area contributed by atoms with E-state index in [0.29, 0.717) is 18.7 Å². The van der Waals surface area contributed by atoms with Crippen molar-refractivity contribution in [2.75, 3.05) is 13.1 Å². The lowest BCUT2D eigenvalue weighted by atomic mass is 9.91. The van der Waals surface area contributed by atoms with Crippen LogP contribution in [-0.2, 0) is 4.79 Å². The lowest BCUT2D eigenvalue weighted by Crippen LogP contribution is -2.53. The first kappa shape index (κ1) is 19.4. The standard InChI is InChI=1S/C20H30N2O3/c1-13(2)18(21-19(24)17-7-5-14(3)6-8-17)20(25)22-11-9-16(10-12-22)15(4)23/h5-8,13,15-16,18,23H,9-12H2,1-4H3,(H,21,24). The summed E-state index contributed by atoms with van der Waals surface area (Å²) in [7, 11) is 0. The molecule has 2 rings (SSSR count). The minimum Gasteiger partial charge on any atom is -0.393 e. The predicted molar refractivity (Wildman–Crippen MR) is 98.3 cm³/mol. The Kier molecular flexibility index (Phi) is 6.59. The lowest BCUT2D eigenvalue weighted by molar-refractivity contribution is -0.136. The molecule has 1 aliphatic heterocycles. The molecule has 5 heteroatoms. The summed E-state index contributed by atoms with van der Waals surface area (Å²) < 4.78 is 0. The molecule has 2 N–H and O–H groups in total. The number of amides is 2. The second-order valence-corrected chi connectivity index (χ2v) is 7.46. The second kappa shape index (κ2) is 8.48. The van der Waals surface area contributed by atoms with E-state index in [9.17, 15) is 14.7 Å². The van der Waals surface area contributed by atoms with E-state index in [4.69, 9.17) is 0 Å². The Morgan fingerprint density at radius 1 is 1.12 bits per heavy atom. The molecule has 1 aromatic rings. The van der Waals surface area contributed by atoms with Crippen molar-refractivity contribution in [3.63, 3.8) is 0 Å². The van der Waals surface area contributed by atoms with Crippen LogP contribution < -0.4 is 5.32 Å². The first-order valence-electron chi connectivity index (χ1n) is 9.14. The van der Waals surface area contributed by atoms with Crippen LogP contribution >= 0.6 is 0 Å². The highest BCUT2D eigenvalue weighted by Gasteiger charge is 2.32. The average molecular weight is 346 g/mol. The molecule has 5 nitrogen and oxygen atoms in total. The maximum atomic E-state index is 12.9. The van der Waals surface area contributed by atoms with Gasteiger partial charge in [-0.25, -0.2) is 0 Å². The summed E-state index contributed by atoms with van der Waals surface area (Å²) in [5.74, 6) is 0.0190. The molecule has 1 aromatic carbocycles. The molecule has 1 fully saturated rings. The van der Waals surface area contributed by atoms with Crippen LogP contribution in [0.4, 0.5) is 0 Å². The van der Waals surface area contributed by atoms with Gasteiger partial charge in [0.2, 0.25) is 5.91 Å². The van der Waals surface area contributed by atoms with Crippen LogP contribution in [0.1, 0.15) is 49.5 Å². The van der Waals surface area contributed by atoms with Gasteiger partial charge >= 0.3 is 0 Å². The Labute approximate surface area is 150 Å². The second-order valence-electron chi connectivity index (χ2n) is 7.46. The number of piperidine rings is 1. The molecule has 1 saturated heterocycles. The fraction of sp³-hybridized carbons (Fsp3) is 0.600. The van der Waals surface area contributed by atoms with Crippen molar-refractivity contribution in [2.45, 2.75) is 52.7 Å². The maximum absolute atomic E-state index is 12.9. The van der Waals surface area contributed by atoms with Crippen LogP contribution in [0.15, 0.2) is 24.3 Å². The van der Waals surface area contributed by atoms with E-state index in [1.807, 2.05) is 37.8 Å². The maximum Gasteiger partial charge on any atom is 0.251 e. The van der Waals surface area contributed by atoms with Gasteiger partial charge in [0.05, 0.1) is 6.10 Å². The van der Waals surface area contributed by atoms with Gasteiger partial charge in [0, 0.05) is 18.7 Å². The minimum absolute atomic E-state index is 0.0105. The van der Waals surface area contributed by atoms with Gasteiger partial charge in [-0.1, -0.05) is 31.5 Å². The number of benzene rings is 1. The zero-order valence-corrected chi connectivity index (χ0v) is 15.7. The quantitative estimate of drug-likeness (QED) is 0.860. The monoisotopic (exact) mass is 346 g/mol. The van der Waals surface area contributed by atoms with E-state index < -0.39 is 6.04 Å². The summed E-state index contributed by atoms with van der Waals surface area (Å²) in [5, 5.41) is 12.6. The smallest absolute Gasteiger partial charge is 0.251 e. The zero-order valence-electron chi connectivity index (χ0n) is 15.7. The number of carbonyl (C=O) groups is 2. The van der Waals surface area contributed by atoms with Crippen molar-refractivity contribution in [2.24, 2.45) is 11.8 Å². The Balaban J connectivity index is 2.01. The topological polar surface area (TPSA) is 69.6 Å². The molecule has 1 heterocycles. The summed E-state index contributed by atoms with van der Waals surface area (Å²) in [4.78, 5) is 27.2. The molecule has 138 valence electrons. The SMILES string of the molecule is Cc1ccc(C(=O)NC(C(=O)N2CCC(C(C)O)CC2)C(C)C)cc1. The van der Waals surface area contributed by atoms with Gasteiger partial charge < -0.3 is 15.3 Å². The number of likely N-dealkylation sites (tertiary alicyclic amines) is 1. The third kappa shape index (κ3) is 5.05. The molecule has 0 bridgehead atoms. The number of aliphatic hydroxyl groups is 1. The molecule has 0 radical (unpaired) electrons. The van der Waals surface area contributed by atoms with Crippen molar-refractivity contribution in [1.29, 1.82) is 0 Å². The highest BCUT2D eigenvalue weighted by atomic mass is 16.3. The fourth-order valence-corrected chi connectivity index (χ4v) is 3.24. The summed E-state index contributed by atoms with van der Waals surface area (Å²) in [5.41, 5.74) is 1.66. The molecule has 1 aliphatic rings. The molecule has 0 saturated carbocycles. The molecule has 2 unspecified atom stereocenters. The highest BCUT2D eigenvalue weighted by molar-refractivity contribution is 5.97. The van der Waals surface area contributed by atoms with Crippen molar-refractivity contribution in [3.8, 4) is 0 Å². The minimum atomic E-state index is -0.531. The molecule has 2 amide bonds. The van der Waals surface area contributed by atoms with Gasteiger partial charge in [-0.3, -0.25) is 9.59 Å². The normalized spacial score (nSPS) is 18.1. The largest absolute Gasteiger partial charge is 0.393 e. The van der Waals surface area contributed by atoms with Crippen molar-refractivity contribution in [1.82, 2.24) is 10.2 Å². The summed E-state index contributed by atoms with van der Waals surface area (Å²) in [6.45, 7) is 8.94. The Hall–Kier alpha value is -1.88. The number of nitrogens with zero attached hydrogens (tertiary/aromatic N) is 1. The number of hydrogen-bond acceptors (Lipinski definition) is 3. The number of nitrogens with one attached hydrogen (secondary N) is 1. The van der Waals surface area contributed by atoms with Crippen LogP contribution in [0.2, 0.25) is 0 Å².